The first kappa shape index (κ1) is 12.4. The van der Waals surface area contributed by atoms with Gasteiger partial charge in [0.05, 0.1) is 11.6 Å². The molecule has 1 aromatic heterocycles. The Balaban J connectivity index is 2.06. The van der Waals surface area contributed by atoms with E-state index in [4.69, 9.17) is 5.26 Å². The number of rotatable bonds is 2. The average molecular weight is 264 g/mol. The third kappa shape index (κ3) is 2.06. The Kier molecular flexibility index (Phi) is 3.00. The minimum Gasteiger partial charge on any atom is -0.343 e. The number of nitriles is 1. The molecular weight excluding hydrogens is 251 g/mol. The van der Waals surface area contributed by atoms with Crippen molar-refractivity contribution in [1.82, 2.24) is 4.57 Å². The molecule has 2 aromatic carbocycles. The zero-order valence-electron chi connectivity index (χ0n) is 11.1. The molecule has 0 fully saturated rings. The molecule has 0 spiro atoms. The smallest absolute Gasteiger partial charge is 0.123 e. The van der Waals surface area contributed by atoms with Crippen molar-refractivity contribution < 1.29 is 4.39 Å². The molecule has 0 aliphatic rings. The fraction of sp³-hybridized carbons (Fsp3) is 0.118. The molecule has 98 valence electrons. The van der Waals surface area contributed by atoms with Crippen LogP contribution < -0.4 is 0 Å². The van der Waals surface area contributed by atoms with E-state index in [-0.39, 0.29) is 5.82 Å². The van der Waals surface area contributed by atoms with Gasteiger partial charge in [0.15, 0.2) is 0 Å². The average Bonchev–Trinajstić information content (AvgIpc) is 2.85. The summed E-state index contributed by atoms with van der Waals surface area (Å²) in [6.45, 7) is 2.58. The van der Waals surface area contributed by atoms with Crippen molar-refractivity contribution in [2.75, 3.05) is 0 Å². The highest BCUT2D eigenvalue weighted by molar-refractivity contribution is 5.86. The maximum atomic E-state index is 13.1. The second-order valence-electron chi connectivity index (χ2n) is 4.86. The van der Waals surface area contributed by atoms with E-state index in [2.05, 4.69) is 10.6 Å². The van der Waals surface area contributed by atoms with E-state index < -0.39 is 0 Å². The molecule has 3 heteroatoms. The SMILES string of the molecule is Cc1cc(F)ccc1Cn1ccc2c(C#N)cccc21. The number of benzene rings is 2. The number of hydrogen-bond donors (Lipinski definition) is 0. The number of halogens is 1. The van der Waals surface area contributed by atoms with Crippen LogP contribution in [0.15, 0.2) is 48.7 Å². The van der Waals surface area contributed by atoms with Crippen LogP contribution in [0.25, 0.3) is 10.9 Å². The monoisotopic (exact) mass is 264 g/mol. The lowest BCUT2D eigenvalue weighted by Gasteiger charge is -2.09. The van der Waals surface area contributed by atoms with Gasteiger partial charge in [0.2, 0.25) is 0 Å². The third-order valence-corrected chi connectivity index (χ3v) is 3.58. The number of hydrogen-bond acceptors (Lipinski definition) is 1. The zero-order chi connectivity index (χ0) is 14.1. The van der Waals surface area contributed by atoms with Gasteiger partial charge in [-0.2, -0.15) is 5.26 Å². The number of aromatic nitrogens is 1. The molecule has 3 aromatic rings. The highest BCUT2D eigenvalue weighted by Gasteiger charge is 2.07. The molecule has 0 unspecified atom stereocenters. The van der Waals surface area contributed by atoms with Crippen LogP contribution in [0.3, 0.4) is 0 Å². The van der Waals surface area contributed by atoms with Gasteiger partial charge in [0.1, 0.15) is 5.82 Å². The van der Waals surface area contributed by atoms with Crippen LogP contribution in [0.1, 0.15) is 16.7 Å². The summed E-state index contributed by atoms with van der Waals surface area (Å²) < 4.78 is 15.2. The maximum absolute atomic E-state index is 13.1. The van der Waals surface area contributed by atoms with Gasteiger partial charge in [-0.15, -0.1) is 0 Å². The third-order valence-electron chi connectivity index (χ3n) is 3.58. The van der Waals surface area contributed by atoms with E-state index in [1.807, 2.05) is 43.5 Å². The first-order valence-corrected chi connectivity index (χ1v) is 6.42. The predicted octanol–water partition coefficient (Wildman–Crippen LogP) is 4.01. The molecule has 0 N–H and O–H groups in total. The van der Waals surface area contributed by atoms with Crippen molar-refractivity contribution in [2.24, 2.45) is 0 Å². The topological polar surface area (TPSA) is 28.7 Å². The van der Waals surface area contributed by atoms with Gasteiger partial charge in [-0.25, -0.2) is 4.39 Å². The Hall–Kier alpha value is -2.60. The molecule has 0 aliphatic heterocycles. The summed E-state index contributed by atoms with van der Waals surface area (Å²) in [5.74, 6) is -0.213. The van der Waals surface area contributed by atoms with Crippen molar-refractivity contribution >= 4 is 10.9 Å². The Morgan fingerprint density at radius 2 is 2.05 bits per heavy atom. The maximum Gasteiger partial charge on any atom is 0.123 e. The predicted molar refractivity (Wildman–Crippen MR) is 76.9 cm³/mol. The van der Waals surface area contributed by atoms with Crippen LogP contribution in [0.2, 0.25) is 0 Å². The minimum atomic E-state index is -0.213. The molecular formula is C17H13FN2. The first-order chi connectivity index (χ1) is 9.69. The van der Waals surface area contributed by atoms with Crippen LogP contribution in [0.5, 0.6) is 0 Å². The molecule has 0 amide bonds. The molecule has 3 rings (SSSR count). The van der Waals surface area contributed by atoms with Gasteiger partial charge in [-0.3, -0.25) is 0 Å². The molecule has 0 bridgehead atoms. The second kappa shape index (κ2) is 4.82. The normalized spacial score (nSPS) is 10.7. The number of fused-ring (bicyclic) bond motifs is 1. The van der Waals surface area contributed by atoms with E-state index in [0.29, 0.717) is 12.1 Å². The summed E-state index contributed by atoms with van der Waals surface area (Å²) >= 11 is 0. The van der Waals surface area contributed by atoms with Crippen molar-refractivity contribution in [2.45, 2.75) is 13.5 Å². The summed E-state index contributed by atoms with van der Waals surface area (Å²) in [4.78, 5) is 0. The quantitative estimate of drug-likeness (QED) is 0.687. The van der Waals surface area contributed by atoms with Gasteiger partial charge in [-0.05, 0) is 48.4 Å². The van der Waals surface area contributed by atoms with Crippen molar-refractivity contribution in [1.29, 1.82) is 5.26 Å². The first-order valence-electron chi connectivity index (χ1n) is 6.42. The van der Waals surface area contributed by atoms with Crippen molar-refractivity contribution in [3.05, 3.63) is 71.2 Å². The fourth-order valence-corrected chi connectivity index (χ4v) is 2.48. The Morgan fingerprint density at radius 1 is 1.20 bits per heavy atom. The summed E-state index contributed by atoms with van der Waals surface area (Å²) in [6, 6.07) is 14.7. The van der Waals surface area contributed by atoms with Crippen LogP contribution >= 0.6 is 0 Å². The molecule has 0 atom stereocenters. The molecule has 0 aliphatic carbocycles. The van der Waals surface area contributed by atoms with Crippen molar-refractivity contribution in [3.63, 3.8) is 0 Å². The van der Waals surface area contributed by atoms with Gasteiger partial charge >= 0.3 is 0 Å². The number of aryl methyl sites for hydroxylation is 1. The standard InChI is InChI=1S/C17H13FN2/c1-12-9-15(18)6-5-14(12)11-20-8-7-16-13(10-19)3-2-4-17(16)20/h2-9H,11H2,1H3. The van der Waals surface area contributed by atoms with Crippen LogP contribution in [-0.4, -0.2) is 4.57 Å². The molecule has 0 saturated carbocycles. The van der Waals surface area contributed by atoms with Gasteiger partial charge in [0.25, 0.3) is 0 Å². The van der Waals surface area contributed by atoms with Gasteiger partial charge in [0, 0.05) is 23.6 Å². The molecule has 1 heterocycles. The molecule has 20 heavy (non-hydrogen) atoms. The fourth-order valence-electron chi connectivity index (χ4n) is 2.48. The van der Waals surface area contributed by atoms with Crippen LogP contribution in [0.4, 0.5) is 4.39 Å². The van der Waals surface area contributed by atoms with Gasteiger partial charge in [-0.1, -0.05) is 12.1 Å². The highest BCUT2D eigenvalue weighted by Crippen LogP contribution is 2.21. The Morgan fingerprint density at radius 3 is 2.80 bits per heavy atom. The van der Waals surface area contributed by atoms with Gasteiger partial charge < -0.3 is 4.57 Å². The Labute approximate surface area is 116 Å². The number of nitrogens with zero attached hydrogens (tertiary/aromatic N) is 2. The van der Waals surface area contributed by atoms with Crippen LogP contribution in [0, 0.1) is 24.1 Å². The van der Waals surface area contributed by atoms with E-state index in [1.54, 1.807) is 6.07 Å². The summed E-state index contributed by atoms with van der Waals surface area (Å²) in [5.41, 5.74) is 3.71. The lowest BCUT2D eigenvalue weighted by atomic mass is 10.1. The Bertz CT molecular complexity index is 825. The van der Waals surface area contributed by atoms with E-state index in [1.165, 1.54) is 6.07 Å². The van der Waals surface area contributed by atoms with E-state index >= 15 is 0 Å². The van der Waals surface area contributed by atoms with E-state index in [9.17, 15) is 4.39 Å². The van der Waals surface area contributed by atoms with E-state index in [0.717, 1.165) is 22.0 Å². The summed E-state index contributed by atoms with van der Waals surface area (Å²) in [5, 5.41) is 10.1. The molecule has 0 saturated heterocycles. The largest absolute Gasteiger partial charge is 0.343 e. The van der Waals surface area contributed by atoms with Crippen LogP contribution in [-0.2, 0) is 6.54 Å². The zero-order valence-corrected chi connectivity index (χ0v) is 11.1. The minimum absolute atomic E-state index is 0.213. The lowest BCUT2D eigenvalue weighted by Crippen LogP contribution is -2.00. The highest BCUT2D eigenvalue weighted by atomic mass is 19.1. The summed E-state index contributed by atoms with van der Waals surface area (Å²) in [7, 11) is 0. The summed E-state index contributed by atoms with van der Waals surface area (Å²) in [6.07, 6.45) is 1.97. The van der Waals surface area contributed by atoms with Crippen molar-refractivity contribution in [3.8, 4) is 6.07 Å². The lowest BCUT2D eigenvalue weighted by molar-refractivity contribution is 0.625. The second-order valence-corrected chi connectivity index (χ2v) is 4.86. The molecule has 2 nitrogen and oxygen atoms in total. The molecule has 0 radical (unpaired) electrons.